The van der Waals surface area contributed by atoms with E-state index in [1.54, 1.807) is 0 Å². The van der Waals surface area contributed by atoms with Gasteiger partial charge in [-0.3, -0.25) is 14.0 Å². The topological polar surface area (TPSA) is 39.8 Å². The minimum atomic E-state index is 0.0189. The number of fused-ring (bicyclic) bond motifs is 1. The molecule has 130 valence electrons. The van der Waals surface area contributed by atoms with Crippen LogP contribution in [0.1, 0.15) is 19.5 Å². The molecule has 0 atom stereocenters. The summed E-state index contributed by atoms with van der Waals surface area (Å²) >= 11 is 0. The minimum absolute atomic E-state index is 0.0189. The third-order valence-electron chi connectivity index (χ3n) is 4.77. The van der Waals surface area contributed by atoms with Crippen LogP contribution in [0.2, 0.25) is 0 Å². The number of nitrogens with zero attached hydrogens (tertiary/aromatic N) is 3. The predicted octanol–water partition coefficient (Wildman–Crippen LogP) is 4.44. The summed E-state index contributed by atoms with van der Waals surface area (Å²) in [6.45, 7) is 4.93. The quantitative estimate of drug-likeness (QED) is 0.550. The van der Waals surface area contributed by atoms with Crippen molar-refractivity contribution in [3.05, 3.63) is 83.0 Å². The van der Waals surface area contributed by atoms with Gasteiger partial charge in [-0.1, -0.05) is 43.3 Å². The van der Waals surface area contributed by atoms with Gasteiger partial charge in [0.15, 0.2) is 0 Å². The maximum atomic E-state index is 13.5. The molecule has 0 saturated heterocycles. The molecule has 2 aromatic heterocycles. The molecule has 0 bridgehead atoms. The predicted molar refractivity (Wildman–Crippen MR) is 106 cm³/mol. The Hall–Kier alpha value is -3.14. The van der Waals surface area contributed by atoms with Gasteiger partial charge in [0.25, 0.3) is 5.56 Å². The van der Waals surface area contributed by atoms with Gasteiger partial charge in [-0.05, 0) is 42.5 Å². The highest BCUT2D eigenvalue weighted by atomic mass is 16.1. The zero-order chi connectivity index (χ0) is 18.1. The Morgan fingerprint density at radius 1 is 1.00 bits per heavy atom. The summed E-state index contributed by atoms with van der Waals surface area (Å²) < 4.78 is 3.71. The smallest absolute Gasteiger partial charge is 0.263 e. The number of hydrogen-bond acceptors (Lipinski definition) is 2. The fraction of sp³-hybridized carbons (Fsp3) is 0.182. The Bertz CT molecular complexity index is 1120. The van der Waals surface area contributed by atoms with Crippen molar-refractivity contribution in [3.8, 4) is 16.8 Å². The van der Waals surface area contributed by atoms with Gasteiger partial charge in [-0.2, -0.15) is 5.10 Å². The van der Waals surface area contributed by atoms with Crippen molar-refractivity contribution < 1.29 is 0 Å². The van der Waals surface area contributed by atoms with Gasteiger partial charge in [0.1, 0.15) is 0 Å². The fourth-order valence-corrected chi connectivity index (χ4v) is 3.45. The van der Waals surface area contributed by atoms with Crippen LogP contribution < -0.4 is 5.56 Å². The van der Waals surface area contributed by atoms with E-state index in [1.807, 2.05) is 70.2 Å². The van der Waals surface area contributed by atoms with Crippen molar-refractivity contribution in [3.63, 3.8) is 0 Å². The van der Waals surface area contributed by atoms with Crippen LogP contribution >= 0.6 is 0 Å². The molecule has 0 spiro atoms. The van der Waals surface area contributed by atoms with E-state index in [-0.39, 0.29) is 5.56 Å². The molecule has 0 unspecified atom stereocenters. The van der Waals surface area contributed by atoms with Gasteiger partial charge >= 0.3 is 0 Å². The second kappa shape index (κ2) is 6.64. The number of pyridine rings is 1. The second-order valence-corrected chi connectivity index (χ2v) is 6.32. The van der Waals surface area contributed by atoms with Crippen LogP contribution in [0.4, 0.5) is 0 Å². The Kier molecular flexibility index (Phi) is 4.17. The molecule has 0 radical (unpaired) electrons. The summed E-state index contributed by atoms with van der Waals surface area (Å²) in [5, 5.41) is 6.08. The lowest BCUT2D eigenvalue weighted by Crippen LogP contribution is -2.22. The van der Waals surface area contributed by atoms with Gasteiger partial charge in [-0.15, -0.1) is 0 Å². The lowest BCUT2D eigenvalue weighted by molar-refractivity contribution is 0.660. The summed E-state index contributed by atoms with van der Waals surface area (Å²) in [6, 6.07) is 18.0. The Morgan fingerprint density at radius 2 is 1.81 bits per heavy atom. The molecule has 2 heterocycles. The summed E-state index contributed by atoms with van der Waals surface area (Å²) in [5.74, 6) is 0. The molecule has 4 heteroatoms. The van der Waals surface area contributed by atoms with Crippen LogP contribution in [0.25, 0.3) is 27.6 Å². The highest BCUT2D eigenvalue weighted by molar-refractivity contribution is 5.96. The van der Waals surface area contributed by atoms with Crippen LogP contribution in [0.5, 0.6) is 0 Å². The first-order chi connectivity index (χ1) is 12.7. The highest BCUT2D eigenvalue weighted by Gasteiger charge is 2.14. The molecule has 26 heavy (non-hydrogen) atoms. The average molecular weight is 343 g/mol. The van der Waals surface area contributed by atoms with Crippen LogP contribution in [0, 0.1) is 0 Å². The van der Waals surface area contributed by atoms with Gasteiger partial charge in [-0.25, -0.2) is 0 Å². The van der Waals surface area contributed by atoms with E-state index in [1.165, 1.54) is 0 Å². The number of para-hydroxylation sites is 1. The zero-order valence-electron chi connectivity index (χ0n) is 15.0. The maximum Gasteiger partial charge on any atom is 0.263 e. The Balaban J connectivity index is 2.06. The SMILES string of the molecule is CCc1cc2cccc(-c3cnn(CC)c3)c2c(=O)n1-c1ccccc1. The van der Waals surface area contributed by atoms with Crippen LogP contribution in [0.15, 0.2) is 71.8 Å². The molecule has 2 aromatic carbocycles. The first-order valence-corrected chi connectivity index (χ1v) is 8.98. The van der Waals surface area contributed by atoms with E-state index in [0.717, 1.165) is 46.2 Å². The molecule has 0 aliphatic heterocycles. The Morgan fingerprint density at radius 3 is 2.50 bits per heavy atom. The van der Waals surface area contributed by atoms with Crippen LogP contribution in [-0.2, 0) is 13.0 Å². The molecule has 0 N–H and O–H groups in total. The molecule has 0 saturated carbocycles. The monoisotopic (exact) mass is 343 g/mol. The van der Waals surface area contributed by atoms with Crippen molar-refractivity contribution in [1.29, 1.82) is 0 Å². The standard InChI is InChI=1S/C22H21N3O/c1-3-18-13-16-9-8-12-20(17-14-23-24(4-2)15-17)21(16)22(26)25(18)19-10-6-5-7-11-19/h5-15H,3-4H2,1-2H3. The minimum Gasteiger partial charge on any atom is -0.281 e. The molecule has 4 nitrogen and oxygen atoms in total. The number of aryl methyl sites for hydroxylation is 2. The van der Waals surface area contributed by atoms with Gasteiger partial charge in [0, 0.05) is 29.7 Å². The fourth-order valence-electron chi connectivity index (χ4n) is 3.45. The largest absolute Gasteiger partial charge is 0.281 e. The number of aromatic nitrogens is 3. The van der Waals surface area contributed by atoms with Crippen LogP contribution in [0.3, 0.4) is 0 Å². The first kappa shape index (κ1) is 16.3. The molecule has 0 aliphatic rings. The van der Waals surface area contributed by atoms with Gasteiger partial charge < -0.3 is 0 Å². The van der Waals surface area contributed by atoms with E-state index in [0.29, 0.717) is 0 Å². The third-order valence-corrected chi connectivity index (χ3v) is 4.77. The average Bonchev–Trinajstić information content (AvgIpc) is 3.17. The lowest BCUT2D eigenvalue weighted by atomic mass is 10.0. The summed E-state index contributed by atoms with van der Waals surface area (Å²) in [5.41, 5.74) is 3.83. The summed E-state index contributed by atoms with van der Waals surface area (Å²) in [7, 11) is 0. The Labute approximate surface area is 152 Å². The summed E-state index contributed by atoms with van der Waals surface area (Å²) in [4.78, 5) is 13.5. The number of rotatable bonds is 4. The zero-order valence-corrected chi connectivity index (χ0v) is 15.0. The van der Waals surface area contributed by atoms with Gasteiger partial charge in [0.2, 0.25) is 0 Å². The molecular weight excluding hydrogens is 322 g/mol. The van der Waals surface area contributed by atoms with E-state index >= 15 is 0 Å². The lowest BCUT2D eigenvalue weighted by Gasteiger charge is -2.15. The molecule has 0 amide bonds. The van der Waals surface area contributed by atoms with Crippen molar-refractivity contribution in [1.82, 2.24) is 14.3 Å². The number of benzene rings is 2. The molecule has 4 aromatic rings. The van der Waals surface area contributed by atoms with Gasteiger partial charge in [0.05, 0.1) is 11.6 Å². The molecule has 0 fully saturated rings. The van der Waals surface area contributed by atoms with E-state index in [2.05, 4.69) is 25.0 Å². The van der Waals surface area contributed by atoms with Crippen molar-refractivity contribution >= 4 is 10.8 Å². The molecule has 4 rings (SSSR count). The van der Waals surface area contributed by atoms with E-state index in [4.69, 9.17) is 0 Å². The summed E-state index contributed by atoms with van der Waals surface area (Å²) in [6.07, 6.45) is 4.62. The normalized spacial score (nSPS) is 11.2. The van der Waals surface area contributed by atoms with Crippen molar-refractivity contribution in [2.24, 2.45) is 0 Å². The molecular formula is C22H21N3O. The van der Waals surface area contributed by atoms with Crippen molar-refractivity contribution in [2.45, 2.75) is 26.8 Å². The second-order valence-electron chi connectivity index (χ2n) is 6.32. The van der Waals surface area contributed by atoms with E-state index in [9.17, 15) is 4.79 Å². The third kappa shape index (κ3) is 2.64. The van der Waals surface area contributed by atoms with E-state index < -0.39 is 0 Å². The first-order valence-electron chi connectivity index (χ1n) is 8.98. The number of hydrogen-bond donors (Lipinski definition) is 0. The van der Waals surface area contributed by atoms with Crippen molar-refractivity contribution in [2.75, 3.05) is 0 Å². The molecule has 0 aliphatic carbocycles. The van der Waals surface area contributed by atoms with Crippen LogP contribution in [-0.4, -0.2) is 14.3 Å². The highest BCUT2D eigenvalue weighted by Crippen LogP contribution is 2.27. The maximum absolute atomic E-state index is 13.5.